The highest BCUT2D eigenvalue weighted by molar-refractivity contribution is 5.53. The Balaban J connectivity index is 3.23. The van der Waals surface area contributed by atoms with Crippen LogP contribution in [0.4, 0.5) is 5.69 Å². The zero-order valence-electron chi connectivity index (χ0n) is 6.93. The average molecular weight is 191 g/mol. The van der Waals surface area contributed by atoms with Crippen molar-refractivity contribution in [3.63, 3.8) is 0 Å². The molecule has 1 N–H and O–H groups in total. The van der Waals surface area contributed by atoms with Gasteiger partial charge in [0.25, 0.3) is 11.2 Å². The summed E-state index contributed by atoms with van der Waals surface area (Å²) in [5, 5.41) is 18.5. The Morgan fingerprint density at radius 1 is 1.64 bits per heavy atom. The van der Waals surface area contributed by atoms with Gasteiger partial charge in [-0.2, -0.15) is 5.26 Å². The van der Waals surface area contributed by atoms with Gasteiger partial charge in [-0.3, -0.25) is 14.9 Å². The number of hydrogen-bond acceptors (Lipinski definition) is 4. The van der Waals surface area contributed by atoms with Gasteiger partial charge in [-0.25, -0.2) is 0 Å². The van der Waals surface area contributed by atoms with E-state index in [1.54, 1.807) is 6.07 Å². The number of nitro groups is 1. The molecule has 14 heavy (non-hydrogen) atoms. The third kappa shape index (κ3) is 2.04. The van der Waals surface area contributed by atoms with Crippen LogP contribution in [0.5, 0.6) is 0 Å². The summed E-state index contributed by atoms with van der Waals surface area (Å²) in [5.41, 5.74) is -0.606. The second kappa shape index (κ2) is 4.00. The lowest BCUT2D eigenvalue weighted by Crippen LogP contribution is -2.08. The van der Waals surface area contributed by atoms with Gasteiger partial charge in [0.1, 0.15) is 0 Å². The Hall–Kier alpha value is -2.42. The van der Waals surface area contributed by atoms with E-state index >= 15 is 0 Å². The van der Waals surface area contributed by atoms with Crippen molar-refractivity contribution < 1.29 is 4.92 Å². The van der Waals surface area contributed by atoms with Crippen LogP contribution in [-0.4, -0.2) is 9.91 Å². The molecule has 1 aromatic heterocycles. The molecule has 70 valence electrons. The van der Waals surface area contributed by atoms with Crippen molar-refractivity contribution >= 4 is 11.8 Å². The molecule has 6 heteroatoms. The predicted molar refractivity (Wildman–Crippen MR) is 48.4 cm³/mol. The van der Waals surface area contributed by atoms with E-state index < -0.39 is 10.5 Å². The lowest BCUT2D eigenvalue weighted by Gasteiger charge is -1.92. The number of pyridine rings is 1. The molecule has 0 fully saturated rings. The van der Waals surface area contributed by atoms with E-state index in [0.717, 1.165) is 18.3 Å². The number of aromatic nitrogens is 1. The van der Waals surface area contributed by atoms with Crippen molar-refractivity contribution in [2.24, 2.45) is 0 Å². The molecule has 0 saturated carbocycles. The lowest BCUT2D eigenvalue weighted by molar-refractivity contribution is -0.385. The van der Waals surface area contributed by atoms with Crippen molar-refractivity contribution in [3.05, 3.63) is 44.4 Å². The van der Waals surface area contributed by atoms with Gasteiger partial charge in [-0.1, -0.05) is 0 Å². The van der Waals surface area contributed by atoms with Crippen LogP contribution in [0.1, 0.15) is 5.56 Å². The van der Waals surface area contributed by atoms with Crippen molar-refractivity contribution in [2.75, 3.05) is 0 Å². The molecule has 1 aromatic rings. The molecule has 0 saturated heterocycles. The summed E-state index contributed by atoms with van der Waals surface area (Å²) in [5.74, 6) is 0. The molecular weight excluding hydrogens is 186 g/mol. The van der Waals surface area contributed by atoms with Crippen LogP contribution < -0.4 is 5.56 Å². The number of allylic oxidation sites excluding steroid dienone is 1. The van der Waals surface area contributed by atoms with E-state index in [4.69, 9.17) is 5.26 Å². The number of H-pyrrole nitrogens is 1. The summed E-state index contributed by atoms with van der Waals surface area (Å²) >= 11 is 0. The number of nitriles is 1. The van der Waals surface area contributed by atoms with Crippen LogP contribution in [0, 0.1) is 21.4 Å². The van der Waals surface area contributed by atoms with E-state index in [9.17, 15) is 14.9 Å². The van der Waals surface area contributed by atoms with Crippen LogP contribution in [0.2, 0.25) is 0 Å². The molecule has 0 aliphatic carbocycles. The highest BCUT2D eigenvalue weighted by Crippen LogP contribution is 2.08. The van der Waals surface area contributed by atoms with Crippen molar-refractivity contribution in [1.29, 1.82) is 5.26 Å². The summed E-state index contributed by atoms with van der Waals surface area (Å²) in [6.07, 6.45) is 3.30. The third-order valence-electron chi connectivity index (χ3n) is 1.46. The first-order valence-electron chi connectivity index (χ1n) is 3.58. The summed E-state index contributed by atoms with van der Waals surface area (Å²) < 4.78 is 0. The maximum absolute atomic E-state index is 11.1. The Kier molecular flexibility index (Phi) is 2.76. The van der Waals surface area contributed by atoms with Crippen LogP contribution in [-0.2, 0) is 0 Å². The first-order valence-corrected chi connectivity index (χ1v) is 3.58. The zero-order valence-corrected chi connectivity index (χ0v) is 6.93. The Labute approximate surface area is 78.3 Å². The molecule has 0 aromatic carbocycles. The maximum Gasteiger partial charge on any atom is 0.286 e. The summed E-state index contributed by atoms with van der Waals surface area (Å²) in [6.45, 7) is 0. The Bertz CT molecular complexity index is 481. The summed E-state index contributed by atoms with van der Waals surface area (Å²) in [7, 11) is 0. The minimum atomic E-state index is -0.625. The fourth-order valence-corrected chi connectivity index (χ4v) is 0.846. The van der Waals surface area contributed by atoms with Crippen molar-refractivity contribution in [3.8, 4) is 6.07 Å². The fraction of sp³-hybridized carbons (Fsp3) is 0. The van der Waals surface area contributed by atoms with Gasteiger partial charge in [0.15, 0.2) is 0 Å². The lowest BCUT2D eigenvalue weighted by atomic mass is 10.2. The van der Waals surface area contributed by atoms with Gasteiger partial charge >= 0.3 is 0 Å². The average Bonchev–Trinajstić information content (AvgIpc) is 2.16. The number of hydrogen-bond donors (Lipinski definition) is 1. The standard InChI is InChI=1S/C8H5N3O3/c9-3-1-2-6-4-7(11(13)14)5-10-8(6)12/h1-2,4-5H,(H,10,12). The second-order valence-electron chi connectivity index (χ2n) is 2.36. The molecule has 0 amide bonds. The quantitative estimate of drug-likeness (QED) is 0.424. The van der Waals surface area contributed by atoms with Gasteiger partial charge < -0.3 is 4.98 Å². The minimum absolute atomic E-state index is 0.0840. The van der Waals surface area contributed by atoms with Gasteiger partial charge in [-0.05, 0) is 6.08 Å². The van der Waals surface area contributed by atoms with E-state index in [2.05, 4.69) is 4.98 Å². The molecule has 1 heterocycles. The summed E-state index contributed by atoms with van der Waals surface area (Å²) in [6, 6.07) is 2.79. The molecule has 0 aliphatic rings. The smallest absolute Gasteiger partial charge is 0.286 e. The molecule has 0 radical (unpaired) electrons. The largest absolute Gasteiger partial charge is 0.322 e. The van der Waals surface area contributed by atoms with E-state index in [1.165, 1.54) is 6.08 Å². The van der Waals surface area contributed by atoms with E-state index in [1.807, 2.05) is 0 Å². The van der Waals surface area contributed by atoms with Crippen LogP contribution in [0.3, 0.4) is 0 Å². The van der Waals surface area contributed by atoms with Crippen molar-refractivity contribution in [2.45, 2.75) is 0 Å². The monoisotopic (exact) mass is 191 g/mol. The molecule has 0 atom stereocenters. The fourth-order valence-electron chi connectivity index (χ4n) is 0.846. The van der Waals surface area contributed by atoms with Gasteiger partial charge in [0.05, 0.1) is 17.2 Å². The second-order valence-corrected chi connectivity index (χ2v) is 2.36. The highest BCUT2D eigenvalue weighted by atomic mass is 16.6. The van der Waals surface area contributed by atoms with Crippen LogP contribution in [0.15, 0.2) is 23.1 Å². The third-order valence-corrected chi connectivity index (χ3v) is 1.46. The van der Waals surface area contributed by atoms with Crippen molar-refractivity contribution in [1.82, 2.24) is 4.98 Å². The summed E-state index contributed by atoms with van der Waals surface area (Å²) in [4.78, 5) is 23.0. The van der Waals surface area contributed by atoms with Gasteiger partial charge in [0, 0.05) is 17.7 Å². The SMILES string of the molecule is N#CC=Cc1cc([N+](=O)[O-])c[nH]c1=O. The topological polar surface area (TPSA) is 99.8 Å². The van der Waals surface area contributed by atoms with Gasteiger partial charge in [-0.15, -0.1) is 0 Å². The van der Waals surface area contributed by atoms with Gasteiger partial charge in [0.2, 0.25) is 0 Å². The molecule has 0 bridgehead atoms. The van der Waals surface area contributed by atoms with E-state index in [-0.39, 0.29) is 11.3 Å². The maximum atomic E-state index is 11.1. The molecule has 0 unspecified atom stereocenters. The predicted octanol–water partition coefficient (Wildman–Crippen LogP) is 0.820. The molecular formula is C8H5N3O3. The first-order chi connectivity index (χ1) is 6.65. The van der Waals surface area contributed by atoms with E-state index in [0.29, 0.717) is 0 Å². The molecule has 6 nitrogen and oxygen atoms in total. The number of nitrogens with one attached hydrogen (secondary N) is 1. The number of rotatable bonds is 2. The number of aromatic amines is 1. The Morgan fingerprint density at radius 2 is 2.36 bits per heavy atom. The molecule has 0 spiro atoms. The minimum Gasteiger partial charge on any atom is -0.322 e. The molecule has 1 rings (SSSR count). The van der Waals surface area contributed by atoms with Crippen LogP contribution in [0.25, 0.3) is 6.08 Å². The Morgan fingerprint density at radius 3 is 2.93 bits per heavy atom. The molecule has 0 aliphatic heterocycles. The highest BCUT2D eigenvalue weighted by Gasteiger charge is 2.07. The number of nitrogens with zero attached hydrogens (tertiary/aromatic N) is 2. The van der Waals surface area contributed by atoms with Crippen LogP contribution >= 0.6 is 0 Å². The normalized spacial score (nSPS) is 9.93. The zero-order chi connectivity index (χ0) is 10.6. The first kappa shape index (κ1) is 9.67.